The fourth-order valence-electron chi connectivity index (χ4n) is 1.01. The van der Waals surface area contributed by atoms with Crippen LogP contribution in [0.25, 0.3) is 0 Å². The van der Waals surface area contributed by atoms with Gasteiger partial charge in [-0.2, -0.15) is 0 Å². The lowest BCUT2D eigenvalue weighted by Gasteiger charge is -2.03. The Morgan fingerprint density at radius 3 is 2.65 bits per heavy atom. The number of benzene rings is 1. The minimum atomic E-state index is -0.631. The fraction of sp³-hybridized carbons (Fsp3) is 0.167. The molecule has 1 rings (SSSR count). The van der Waals surface area contributed by atoms with Gasteiger partial charge in [0, 0.05) is 12.3 Å². The maximum Gasteiger partial charge on any atom is 0.411 e. The molecule has 0 aliphatic carbocycles. The second-order valence-electron chi connectivity index (χ2n) is 3.06. The number of ether oxygens (including phenoxy) is 2. The first-order valence-electron chi connectivity index (χ1n) is 4.94. The summed E-state index contributed by atoms with van der Waals surface area (Å²) in [5, 5.41) is 2.28. The SMILES string of the molecule is COC(=O)C=CNC(=O)OCc1ccccc1. The molecular weight excluding hydrogens is 222 g/mol. The third kappa shape index (κ3) is 5.36. The second-order valence-corrected chi connectivity index (χ2v) is 3.06. The van der Waals surface area contributed by atoms with E-state index in [1.54, 1.807) is 0 Å². The molecule has 0 unspecified atom stereocenters. The minimum Gasteiger partial charge on any atom is -0.466 e. The molecule has 0 saturated carbocycles. The normalized spacial score (nSPS) is 9.94. The number of hydrogen-bond donors (Lipinski definition) is 1. The highest BCUT2D eigenvalue weighted by atomic mass is 16.5. The van der Waals surface area contributed by atoms with E-state index in [2.05, 4.69) is 10.1 Å². The van der Waals surface area contributed by atoms with Crippen LogP contribution in [0.2, 0.25) is 0 Å². The first kappa shape index (κ1) is 12.8. The third-order valence-electron chi connectivity index (χ3n) is 1.83. The Kier molecular flexibility index (Phi) is 5.30. The lowest BCUT2D eigenvalue weighted by Crippen LogP contribution is -2.18. The smallest absolute Gasteiger partial charge is 0.411 e. The van der Waals surface area contributed by atoms with E-state index in [1.807, 2.05) is 30.3 Å². The van der Waals surface area contributed by atoms with E-state index < -0.39 is 12.1 Å². The van der Waals surface area contributed by atoms with Gasteiger partial charge in [-0.3, -0.25) is 5.32 Å². The molecule has 0 heterocycles. The molecule has 1 N–H and O–H groups in total. The van der Waals surface area contributed by atoms with Gasteiger partial charge in [-0.1, -0.05) is 30.3 Å². The molecule has 1 aromatic carbocycles. The molecule has 90 valence electrons. The van der Waals surface area contributed by atoms with Crippen molar-refractivity contribution in [1.82, 2.24) is 5.32 Å². The van der Waals surface area contributed by atoms with Crippen molar-refractivity contribution in [2.45, 2.75) is 6.61 Å². The highest BCUT2D eigenvalue weighted by Crippen LogP contribution is 2.00. The van der Waals surface area contributed by atoms with Crippen molar-refractivity contribution in [3.63, 3.8) is 0 Å². The number of rotatable bonds is 4. The fourth-order valence-corrected chi connectivity index (χ4v) is 1.01. The van der Waals surface area contributed by atoms with E-state index in [-0.39, 0.29) is 6.61 Å². The topological polar surface area (TPSA) is 64.6 Å². The zero-order valence-electron chi connectivity index (χ0n) is 9.38. The van der Waals surface area contributed by atoms with Gasteiger partial charge in [0.15, 0.2) is 0 Å². The summed E-state index contributed by atoms with van der Waals surface area (Å²) < 4.78 is 9.23. The molecular formula is C12H13NO4. The van der Waals surface area contributed by atoms with Crippen molar-refractivity contribution in [3.8, 4) is 0 Å². The molecule has 0 aromatic heterocycles. The molecule has 5 nitrogen and oxygen atoms in total. The van der Waals surface area contributed by atoms with E-state index in [1.165, 1.54) is 13.3 Å². The van der Waals surface area contributed by atoms with Gasteiger partial charge in [0.05, 0.1) is 7.11 Å². The van der Waals surface area contributed by atoms with E-state index >= 15 is 0 Å². The maximum atomic E-state index is 11.1. The number of nitrogens with one attached hydrogen (secondary N) is 1. The Balaban J connectivity index is 2.26. The molecule has 1 amide bonds. The van der Waals surface area contributed by atoms with Crippen LogP contribution in [0, 0.1) is 0 Å². The molecule has 5 heteroatoms. The molecule has 0 fully saturated rings. The lowest BCUT2D eigenvalue weighted by atomic mass is 10.2. The Hall–Kier alpha value is -2.30. The van der Waals surface area contributed by atoms with E-state index in [4.69, 9.17) is 4.74 Å². The van der Waals surface area contributed by atoms with Gasteiger partial charge in [-0.05, 0) is 5.56 Å². The third-order valence-corrected chi connectivity index (χ3v) is 1.83. The second kappa shape index (κ2) is 7.05. The molecule has 0 bridgehead atoms. The van der Waals surface area contributed by atoms with Crippen LogP contribution in [0.3, 0.4) is 0 Å². The van der Waals surface area contributed by atoms with Crippen LogP contribution in [0.1, 0.15) is 5.56 Å². The molecule has 0 radical (unpaired) electrons. The zero-order valence-corrected chi connectivity index (χ0v) is 9.38. The van der Waals surface area contributed by atoms with Gasteiger partial charge < -0.3 is 9.47 Å². The van der Waals surface area contributed by atoms with Gasteiger partial charge in [0.1, 0.15) is 6.61 Å². The molecule has 0 saturated heterocycles. The van der Waals surface area contributed by atoms with Gasteiger partial charge >= 0.3 is 12.1 Å². The van der Waals surface area contributed by atoms with Crippen molar-refractivity contribution in [2.75, 3.05) is 7.11 Å². The minimum absolute atomic E-state index is 0.179. The number of methoxy groups -OCH3 is 1. The highest BCUT2D eigenvalue weighted by molar-refractivity contribution is 5.82. The average Bonchev–Trinajstić information content (AvgIpc) is 2.37. The summed E-state index contributed by atoms with van der Waals surface area (Å²) in [5.74, 6) is -0.548. The molecule has 1 aromatic rings. The van der Waals surface area contributed by atoms with Crippen LogP contribution >= 0.6 is 0 Å². The standard InChI is InChI=1S/C12H13NO4/c1-16-11(14)7-8-13-12(15)17-9-10-5-3-2-4-6-10/h2-8H,9H2,1H3,(H,13,15). The summed E-state index contributed by atoms with van der Waals surface area (Å²) >= 11 is 0. The van der Waals surface area contributed by atoms with Crippen LogP contribution in [0.5, 0.6) is 0 Å². The van der Waals surface area contributed by atoms with Gasteiger partial charge in [-0.15, -0.1) is 0 Å². The first-order chi connectivity index (χ1) is 8.22. The molecule has 0 aliphatic heterocycles. The number of carbonyl (C=O) groups excluding carboxylic acids is 2. The maximum absolute atomic E-state index is 11.1. The van der Waals surface area contributed by atoms with Gasteiger partial charge in [0.2, 0.25) is 0 Å². The van der Waals surface area contributed by atoms with Crippen molar-refractivity contribution in [3.05, 3.63) is 48.2 Å². The van der Waals surface area contributed by atoms with Crippen LogP contribution in [-0.2, 0) is 20.9 Å². The lowest BCUT2D eigenvalue weighted by molar-refractivity contribution is -0.134. The van der Waals surface area contributed by atoms with E-state index in [0.717, 1.165) is 11.6 Å². The predicted molar refractivity (Wildman–Crippen MR) is 60.9 cm³/mol. The van der Waals surface area contributed by atoms with E-state index in [9.17, 15) is 9.59 Å². The number of esters is 1. The molecule has 0 spiro atoms. The molecule has 0 atom stereocenters. The van der Waals surface area contributed by atoms with Crippen LogP contribution in [-0.4, -0.2) is 19.2 Å². The summed E-state index contributed by atoms with van der Waals surface area (Å²) in [4.78, 5) is 21.8. The summed E-state index contributed by atoms with van der Waals surface area (Å²) in [6.07, 6.45) is 1.62. The number of carbonyl (C=O) groups is 2. The Morgan fingerprint density at radius 1 is 1.29 bits per heavy atom. The van der Waals surface area contributed by atoms with Crippen molar-refractivity contribution < 1.29 is 19.1 Å². The number of hydrogen-bond acceptors (Lipinski definition) is 4. The summed E-state index contributed by atoms with van der Waals surface area (Å²) in [6, 6.07) is 9.28. The summed E-state index contributed by atoms with van der Waals surface area (Å²) in [7, 11) is 1.25. The Labute approximate surface area is 99.0 Å². The van der Waals surface area contributed by atoms with Crippen LogP contribution in [0.15, 0.2) is 42.6 Å². The monoisotopic (exact) mass is 235 g/mol. The number of alkyl carbamates (subject to hydrolysis) is 1. The van der Waals surface area contributed by atoms with Crippen molar-refractivity contribution >= 4 is 12.1 Å². The summed E-state index contributed by atoms with van der Waals surface area (Å²) in [5.41, 5.74) is 0.889. The highest BCUT2D eigenvalue weighted by Gasteiger charge is 1.99. The number of amides is 1. The average molecular weight is 235 g/mol. The quantitative estimate of drug-likeness (QED) is 0.636. The predicted octanol–water partition coefficient (Wildman–Crippen LogP) is 1.60. The van der Waals surface area contributed by atoms with Gasteiger partial charge in [0.25, 0.3) is 0 Å². The molecule has 17 heavy (non-hydrogen) atoms. The van der Waals surface area contributed by atoms with Crippen LogP contribution in [0.4, 0.5) is 4.79 Å². The Morgan fingerprint density at radius 2 is 2.00 bits per heavy atom. The largest absolute Gasteiger partial charge is 0.466 e. The van der Waals surface area contributed by atoms with Crippen LogP contribution < -0.4 is 5.32 Å². The Bertz CT molecular complexity index is 400. The summed E-state index contributed by atoms with van der Waals surface area (Å²) in [6.45, 7) is 0.179. The van der Waals surface area contributed by atoms with Gasteiger partial charge in [-0.25, -0.2) is 9.59 Å². The van der Waals surface area contributed by atoms with E-state index in [0.29, 0.717) is 0 Å². The zero-order chi connectivity index (χ0) is 12.5. The molecule has 0 aliphatic rings. The van der Waals surface area contributed by atoms with Crippen molar-refractivity contribution in [2.24, 2.45) is 0 Å². The first-order valence-corrected chi connectivity index (χ1v) is 4.94. The van der Waals surface area contributed by atoms with Crippen molar-refractivity contribution in [1.29, 1.82) is 0 Å².